The Morgan fingerprint density at radius 3 is 2.71 bits per heavy atom. The molecule has 21 heavy (non-hydrogen) atoms. The second-order valence-electron chi connectivity index (χ2n) is 4.73. The van der Waals surface area contributed by atoms with Crippen molar-refractivity contribution in [2.75, 3.05) is 12.4 Å². The van der Waals surface area contributed by atoms with Gasteiger partial charge in [0.05, 0.1) is 11.6 Å². The highest BCUT2D eigenvalue weighted by Gasteiger charge is 2.03. The van der Waals surface area contributed by atoms with Gasteiger partial charge in [-0.2, -0.15) is 0 Å². The zero-order chi connectivity index (χ0) is 14.5. The molecular weight excluding hydrogens is 280 g/mol. The van der Waals surface area contributed by atoms with E-state index in [4.69, 9.17) is 10.5 Å². The van der Waals surface area contributed by atoms with Crippen molar-refractivity contribution in [1.82, 2.24) is 4.98 Å². The van der Waals surface area contributed by atoms with E-state index in [2.05, 4.69) is 29.2 Å². The summed E-state index contributed by atoms with van der Waals surface area (Å²) < 4.78 is 5.81. The number of para-hydroxylation sites is 2. The first kappa shape index (κ1) is 14.0. The molecule has 0 saturated carbocycles. The van der Waals surface area contributed by atoms with Crippen LogP contribution in [-0.2, 0) is 6.54 Å². The third-order valence-electron chi connectivity index (χ3n) is 3.30. The highest BCUT2D eigenvalue weighted by Crippen LogP contribution is 2.23. The fourth-order valence-corrected chi connectivity index (χ4v) is 3.02. The predicted molar refractivity (Wildman–Crippen MR) is 88.9 cm³/mol. The molecule has 0 atom stereocenters. The Labute approximate surface area is 128 Å². The highest BCUT2D eigenvalue weighted by molar-refractivity contribution is 7.99. The van der Waals surface area contributed by atoms with Gasteiger partial charge < -0.3 is 15.5 Å². The van der Waals surface area contributed by atoms with E-state index in [0.717, 1.165) is 17.1 Å². The third-order valence-corrected chi connectivity index (χ3v) is 4.20. The van der Waals surface area contributed by atoms with Crippen LogP contribution in [0.4, 0.5) is 0 Å². The number of benzene rings is 2. The normalized spacial score (nSPS) is 10.9. The molecule has 0 radical (unpaired) electrons. The molecule has 0 aliphatic heterocycles. The van der Waals surface area contributed by atoms with Crippen molar-refractivity contribution in [2.45, 2.75) is 11.6 Å². The summed E-state index contributed by atoms with van der Waals surface area (Å²) in [5, 5.41) is 2.42. The minimum absolute atomic E-state index is 0.505. The van der Waals surface area contributed by atoms with Crippen LogP contribution in [0.3, 0.4) is 0 Å². The number of fused-ring (bicyclic) bond motifs is 1. The Morgan fingerprint density at radius 1 is 1.05 bits per heavy atom. The monoisotopic (exact) mass is 298 g/mol. The van der Waals surface area contributed by atoms with Crippen LogP contribution in [0.1, 0.15) is 5.56 Å². The van der Waals surface area contributed by atoms with Gasteiger partial charge in [-0.3, -0.25) is 0 Å². The van der Waals surface area contributed by atoms with Crippen LogP contribution in [0.5, 0.6) is 5.75 Å². The molecule has 0 spiro atoms. The minimum atomic E-state index is 0.505. The van der Waals surface area contributed by atoms with E-state index >= 15 is 0 Å². The number of H-pyrrole nitrogens is 1. The lowest BCUT2D eigenvalue weighted by Crippen LogP contribution is -2.05. The van der Waals surface area contributed by atoms with Gasteiger partial charge >= 0.3 is 0 Å². The zero-order valence-electron chi connectivity index (χ0n) is 11.7. The molecule has 0 fully saturated rings. The Bertz CT molecular complexity index is 690. The highest BCUT2D eigenvalue weighted by atomic mass is 32.2. The summed E-state index contributed by atoms with van der Waals surface area (Å²) in [6, 6.07) is 18.4. The summed E-state index contributed by atoms with van der Waals surface area (Å²) in [6.07, 6.45) is 0. The van der Waals surface area contributed by atoms with Gasteiger partial charge in [-0.25, -0.2) is 0 Å². The topological polar surface area (TPSA) is 51.0 Å². The van der Waals surface area contributed by atoms with Crippen molar-refractivity contribution in [1.29, 1.82) is 0 Å². The van der Waals surface area contributed by atoms with E-state index in [-0.39, 0.29) is 0 Å². The minimum Gasteiger partial charge on any atom is -0.492 e. The summed E-state index contributed by atoms with van der Waals surface area (Å²) in [6.45, 7) is 1.17. The van der Waals surface area contributed by atoms with Gasteiger partial charge in [0.1, 0.15) is 5.75 Å². The van der Waals surface area contributed by atoms with E-state index in [1.54, 1.807) is 11.8 Å². The number of aromatic nitrogens is 1. The molecule has 0 saturated heterocycles. The standard InChI is InChI=1S/C17H18N2OS/c18-12-14-6-2-4-8-16(14)20-9-10-21-17-11-13-5-1-3-7-15(13)19-17/h1-8,11,19H,9-10,12,18H2. The van der Waals surface area contributed by atoms with Crippen LogP contribution in [-0.4, -0.2) is 17.3 Å². The second-order valence-corrected chi connectivity index (χ2v) is 5.87. The average molecular weight is 298 g/mol. The van der Waals surface area contributed by atoms with Crippen molar-refractivity contribution in [3.63, 3.8) is 0 Å². The molecule has 1 aromatic heterocycles. The molecule has 3 nitrogen and oxygen atoms in total. The molecule has 3 N–H and O–H groups in total. The SMILES string of the molecule is NCc1ccccc1OCCSc1cc2ccccc2[nH]1. The molecule has 0 aliphatic rings. The Balaban J connectivity index is 1.54. The summed E-state index contributed by atoms with van der Waals surface area (Å²) in [5.74, 6) is 1.78. The van der Waals surface area contributed by atoms with Gasteiger partial charge in [0.25, 0.3) is 0 Å². The number of thioether (sulfide) groups is 1. The van der Waals surface area contributed by atoms with E-state index in [9.17, 15) is 0 Å². The number of aromatic amines is 1. The quantitative estimate of drug-likeness (QED) is 0.537. The van der Waals surface area contributed by atoms with Gasteiger partial charge in [-0.05, 0) is 18.2 Å². The number of nitrogens with two attached hydrogens (primary N) is 1. The molecule has 4 heteroatoms. The molecular formula is C17H18N2OS. The maximum absolute atomic E-state index is 5.81. The second kappa shape index (κ2) is 6.70. The maximum atomic E-state index is 5.81. The smallest absolute Gasteiger partial charge is 0.123 e. The first-order valence-electron chi connectivity index (χ1n) is 6.98. The number of rotatable bonds is 6. The average Bonchev–Trinajstić information content (AvgIpc) is 2.94. The fraction of sp³-hybridized carbons (Fsp3) is 0.176. The van der Waals surface area contributed by atoms with E-state index in [1.807, 2.05) is 30.3 Å². The van der Waals surface area contributed by atoms with E-state index in [1.165, 1.54) is 15.9 Å². The number of hydrogen-bond donors (Lipinski definition) is 2. The van der Waals surface area contributed by atoms with Crippen LogP contribution in [0.15, 0.2) is 59.6 Å². The summed E-state index contributed by atoms with van der Waals surface area (Å²) in [7, 11) is 0. The molecule has 0 amide bonds. The van der Waals surface area contributed by atoms with Crippen molar-refractivity contribution >= 4 is 22.7 Å². The van der Waals surface area contributed by atoms with Gasteiger partial charge in [-0.15, -0.1) is 11.8 Å². The Kier molecular flexibility index (Phi) is 4.48. The molecule has 0 aliphatic carbocycles. The fourth-order valence-electron chi connectivity index (χ4n) is 2.24. The molecule has 2 aromatic carbocycles. The predicted octanol–water partition coefficient (Wildman–Crippen LogP) is 3.80. The first-order chi connectivity index (χ1) is 10.4. The van der Waals surface area contributed by atoms with Gasteiger partial charge in [0.15, 0.2) is 0 Å². The number of ether oxygens (including phenoxy) is 1. The largest absolute Gasteiger partial charge is 0.492 e. The molecule has 3 rings (SSSR count). The van der Waals surface area contributed by atoms with Crippen LogP contribution in [0.2, 0.25) is 0 Å². The molecule has 0 bridgehead atoms. The summed E-state index contributed by atoms with van der Waals surface area (Å²) >= 11 is 1.77. The lowest BCUT2D eigenvalue weighted by molar-refractivity contribution is 0.340. The summed E-state index contributed by atoms with van der Waals surface area (Å²) in [5.41, 5.74) is 7.92. The Morgan fingerprint density at radius 2 is 1.86 bits per heavy atom. The van der Waals surface area contributed by atoms with Crippen LogP contribution in [0, 0.1) is 0 Å². The van der Waals surface area contributed by atoms with Crippen molar-refractivity contribution in [2.24, 2.45) is 5.73 Å². The van der Waals surface area contributed by atoms with Crippen LogP contribution < -0.4 is 10.5 Å². The number of hydrogen-bond acceptors (Lipinski definition) is 3. The van der Waals surface area contributed by atoms with Gasteiger partial charge in [0, 0.05) is 28.8 Å². The van der Waals surface area contributed by atoms with Crippen molar-refractivity contribution in [3.8, 4) is 5.75 Å². The lowest BCUT2D eigenvalue weighted by atomic mass is 10.2. The molecule has 0 unspecified atom stereocenters. The van der Waals surface area contributed by atoms with Crippen LogP contribution >= 0.6 is 11.8 Å². The Hall–Kier alpha value is -1.91. The number of nitrogens with one attached hydrogen (secondary N) is 1. The van der Waals surface area contributed by atoms with Crippen LogP contribution in [0.25, 0.3) is 10.9 Å². The van der Waals surface area contributed by atoms with Crippen molar-refractivity contribution < 1.29 is 4.74 Å². The zero-order valence-corrected chi connectivity index (χ0v) is 12.5. The lowest BCUT2D eigenvalue weighted by Gasteiger charge is -2.09. The maximum Gasteiger partial charge on any atom is 0.123 e. The molecule has 1 heterocycles. The van der Waals surface area contributed by atoms with Gasteiger partial charge in [-0.1, -0.05) is 36.4 Å². The van der Waals surface area contributed by atoms with E-state index < -0.39 is 0 Å². The first-order valence-corrected chi connectivity index (χ1v) is 7.97. The van der Waals surface area contributed by atoms with E-state index in [0.29, 0.717) is 13.2 Å². The molecule has 108 valence electrons. The van der Waals surface area contributed by atoms with Crippen molar-refractivity contribution in [3.05, 3.63) is 60.2 Å². The summed E-state index contributed by atoms with van der Waals surface area (Å²) in [4.78, 5) is 3.40. The third kappa shape index (κ3) is 3.40. The molecule has 3 aromatic rings. The van der Waals surface area contributed by atoms with Gasteiger partial charge in [0.2, 0.25) is 0 Å².